The Kier molecular flexibility index (Phi) is 24.5. The minimum absolute atomic E-state index is 0.579. The Balaban J connectivity index is 7.94. The fourth-order valence-electron chi connectivity index (χ4n) is 4.84. The van der Waals surface area contributed by atoms with Gasteiger partial charge in [0.2, 0.25) is 0 Å². The first-order valence-electron chi connectivity index (χ1n) is 19.4. The van der Waals surface area contributed by atoms with Gasteiger partial charge in [0.05, 0.1) is 45.5 Å². The molecule has 0 saturated carbocycles. The lowest BCUT2D eigenvalue weighted by molar-refractivity contribution is 0.368. The second-order valence-corrected chi connectivity index (χ2v) is 119. The van der Waals surface area contributed by atoms with Gasteiger partial charge in [0.1, 0.15) is 55.7 Å². The topological polar surface area (TPSA) is 83.1 Å². The van der Waals surface area contributed by atoms with Crippen LogP contribution >= 0.6 is 0 Å². The number of hydrogen-bond donors (Lipinski definition) is 0. The second kappa shape index (κ2) is 22.9. The van der Waals surface area contributed by atoms with Crippen LogP contribution in [0, 0.1) is 0 Å². The van der Waals surface area contributed by atoms with Crippen LogP contribution in [-0.4, -0.2) is 167 Å². The van der Waals surface area contributed by atoms with E-state index in [-0.39, 0.29) is 0 Å². The number of hydrogen-bond acceptors (Lipinski definition) is 9. The summed E-state index contributed by atoms with van der Waals surface area (Å²) in [6, 6.07) is 0.962. The molecule has 0 amide bonds. The Labute approximate surface area is 354 Å². The van der Waals surface area contributed by atoms with Crippen molar-refractivity contribution in [3.8, 4) is 0 Å². The molecule has 0 N–H and O–H groups in total. The monoisotopic (exact) mass is 1050 g/mol. The van der Waals surface area contributed by atoms with Crippen molar-refractivity contribution in [3.63, 3.8) is 0 Å². The van der Waals surface area contributed by atoms with Gasteiger partial charge in [-0.2, -0.15) is 0 Å². The van der Waals surface area contributed by atoms with Crippen molar-refractivity contribution in [2.75, 3.05) is 0 Å². The van der Waals surface area contributed by atoms with E-state index in [1.54, 1.807) is 0 Å². The first-order chi connectivity index (χ1) is 23.1. The average Bonchev–Trinajstić information content (AvgIpc) is 2.93. The maximum atomic E-state index is 7.49. The molecule has 0 fully saturated rings. The normalized spacial score (nSPS) is 19.6. The van der Waals surface area contributed by atoms with Crippen molar-refractivity contribution in [2.24, 2.45) is 0 Å². The molecule has 0 radical (unpaired) electrons. The highest BCUT2D eigenvalue weighted by atomic mass is 29.2. The predicted molar refractivity (Wildman–Crippen MR) is 283 cm³/mol. The maximum absolute atomic E-state index is 7.49. The highest BCUT2D eigenvalue weighted by molar-refractivity contribution is 7.25. The first-order valence-corrected chi connectivity index (χ1v) is 69.6. The van der Waals surface area contributed by atoms with Gasteiger partial charge in [-0.1, -0.05) is 118 Å². The quantitative estimate of drug-likeness (QED) is 0.0767. The molecule has 9 nitrogen and oxygen atoms in total. The number of allylic oxidation sites excluding steroid dienone is 1. The molecule has 0 aliphatic heterocycles. The minimum atomic E-state index is -3.06. The molecule has 0 aromatic carbocycles. The molecular weight excluding hydrogens is 966 g/mol. The number of rotatable bonds is 28. The van der Waals surface area contributed by atoms with Crippen LogP contribution in [0.25, 0.3) is 0 Å². The Morgan fingerprint density at radius 3 is 0.808 bits per heavy atom. The largest absolute Gasteiger partial charge is 0.449 e. The molecule has 3 atom stereocenters. The molecule has 0 heterocycles. The molecule has 3 unspecified atom stereocenters. The summed E-state index contributed by atoms with van der Waals surface area (Å²) in [6.45, 7) is 51.0. The van der Waals surface area contributed by atoms with Gasteiger partial charge < -0.3 is 37.0 Å². The van der Waals surface area contributed by atoms with Gasteiger partial charge in [-0.3, -0.25) is 0 Å². The summed E-state index contributed by atoms with van der Waals surface area (Å²) in [7, 11) is -24.2. The zero-order valence-electron chi connectivity index (χ0n) is 38.2. The highest BCUT2D eigenvalue weighted by Crippen LogP contribution is 2.38. The molecule has 0 bridgehead atoms. The zero-order chi connectivity index (χ0) is 41.1. The SMILES string of the molecule is C[Si](C)(C)[SiH2]O[SiH2]O[Si](C)(O[SiH2][Si](C)(C)C)C(C[SiH3])=C([Si](C)(O[SiH2]O[SiH2][Si](C)(C)C)O[SiH2][Si](C)(C)C)[Si](C)(O[SiH2]O[SiH2][Si](C)(C)C)O[SiH2][Si](C)(C)C. The van der Waals surface area contributed by atoms with Crippen LogP contribution in [0.3, 0.4) is 0 Å². The van der Waals surface area contributed by atoms with Gasteiger partial charge >= 0.3 is 25.7 Å². The van der Waals surface area contributed by atoms with Crippen molar-refractivity contribution in [1.82, 2.24) is 0 Å². The van der Waals surface area contributed by atoms with Crippen LogP contribution < -0.4 is 0 Å². The van der Waals surface area contributed by atoms with Gasteiger partial charge in [0.25, 0.3) is 30.0 Å². The van der Waals surface area contributed by atoms with E-state index in [4.69, 9.17) is 37.0 Å². The van der Waals surface area contributed by atoms with E-state index in [1.807, 2.05) is 0 Å². The summed E-state index contributed by atoms with van der Waals surface area (Å²) in [6.07, 6.45) is 0. The van der Waals surface area contributed by atoms with Gasteiger partial charge in [-0.15, -0.1) is 0 Å². The molecule has 0 aliphatic carbocycles. The van der Waals surface area contributed by atoms with Gasteiger partial charge in [0.15, 0.2) is 0 Å². The fourth-order valence-corrected chi connectivity index (χ4v) is 86.7. The van der Waals surface area contributed by atoms with Crippen LogP contribution in [0.1, 0.15) is 0 Å². The molecule has 0 rings (SSSR count). The third kappa shape index (κ3) is 25.9. The summed E-state index contributed by atoms with van der Waals surface area (Å²) in [4.78, 5) is 1.29. The molecule has 312 valence electrons. The van der Waals surface area contributed by atoms with Crippen LogP contribution in [-0.2, 0) is 37.0 Å². The molecule has 0 aliphatic rings. The highest BCUT2D eigenvalue weighted by Gasteiger charge is 2.56. The van der Waals surface area contributed by atoms with E-state index in [1.165, 1.54) is 10.0 Å². The summed E-state index contributed by atoms with van der Waals surface area (Å²) in [5.41, 5.74) is 0. The average molecular weight is 1050 g/mol. The van der Waals surface area contributed by atoms with Crippen molar-refractivity contribution in [2.45, 2.75) is 144 Å². The molecule has 52 heavy (non-hydrogen) atoms. The molecule has 0 aromatic heterocycles. The third-order valence-electron chi connectivity index (χ3n) is 7.31. The Hall–Kier alpha value is 3.50. The van der Waals surface area contributed by atoms with Crippen LogP contribution in [0.5, 0.6) is 0 Å². The lowest BCUT2D eigenvalue weighted by Crippen LogP contribution is -2.63. The maximum Gasteiger partial charge on any atom is 0.345 e. The van der Waals surface area contributed by atoms with Crippen molar-refractivity contribution in [3.05, 3.63) is 10.0 Å². The van der Waals surface area contributed by atoms with E-state index >= 15 is 0 Å². The minimum Gasteiger partial charge on any atom is -0.449 e. The Bertz CT molecular complexity index is 1030. The summed E-state index contributed by atoms with van der Waals surface area (Å²) < 4.78 is 64.1. The second-order valence-electron chi connectivity index (χ2n) is 22.1. The van der Waals surface area contributed by atoms with Crippen molar-refractivity contribution < 1.29 is 37.0 Å². The zero-order valence-corrected chi connectivity index (χ0v) is 62.0. The lowest BCUT2D eigenvalue weighted by atomic mass is 10.7. The summed E-state index contributed by atoms with van der Waals surface area (Å²) in [5.74, 6) is 0. The Morgan fingerprint density at radius 1 is 0.346 bits per heavy atom. The Morgan fingerprint density at radius 2 is 0.577 bits per heavy atom. The third-order valence-corrected chi connectivity index (χ3v) is 67.1. The van der Waals surface area contributed by atoms with Crippen LogP contribution in [0.4, 0.5) is 0 Å². The van der Waals surface area contributed by atoms with E-state index in [9.17, 15) is 0 Å². The molecule has 28 heteroatoms. The van der Waals surface area contributed by atoms with Crippen LogP contribution in [0.2, 0.25) is 144 Å². The smallest absolute Gasteiger partial charge is 0.345 e. The van der Waals surface area contributed by atoms with E-state index < -0.39 is 157 Å². The van der Waals surface area contributed by atoms with Crippen molar-refractivity contribution >= 4 is 167 Å². The molecule has 0 spiro atoms. The molecule has 0 aromatic rings. The summed E-state index contributed by atoms with van der Waals surface area (Å²) >= 11 is 0. The summed E-state index contributed by atoms with van der Waals surface area (Å²) in [5, 5.41) is 1.36. The molecule has 0 saturated heterocycles. The van der Waals surface area contributed by atoms with E-state index in [2.05, 4.69) is 137 Å². The lowest BCUT2D eigenvalue weighted by Gasteiger charge is -2.45. The van der Waals surface area contributed by atoms with Crippen LogP contribution in [0.15, 0.2) is 10.0 Å². The van der Waals surface area contributed by atoms with E-state index in [0.717, 1.165) is 16.3 Å². The predicted octanol–water partition coefficient (Wildman–Crippen LogP) is -0.442. The van der Waals surface area contributed by atoms with E-state index in [0.29, 0.717) is 0 Å². The van der Waals surface area contributed by atoms with Gasteiger partial charge in [-0.25, -0.2) is 0 Å². The van der Waals surface area contributed by atoms with Gasteiger partial charge in [0, 0.05) is 15.1 Å². The fraction of sp³-hybridized carbons (Fsp3) is 0.917. The van der Waals surface area contributed by atoms with Crippen molar-refractivity contribution in [1.29, 1.82) is 0 Å². The van der Waals surface area contributed by atoms with Gasteiger partial charge in [-0.05, 0) is 30.9 Å². The standard InChI is InChI=1S/C24H86O9Si19/c1-44(2,3)38-25-35-28-50(19,31-41-47(10,11)12)23(22-34)24(51(20,32-42-48(13,14)15)29-36-26-39-45(4,5)6)52(21,33-43-49(16,17)18)30-37-27-40-46(7,8)9/h22,35-43H2,1-21,34H3. The molecular formula is C24H86O9Si19. The first kappa shape index (κ1) is 55.5.